The normalized spacial score (nSPS) is 23.4. The minimum absolute atomic E-state index is 0.350. The molecule has 0 saturated carbocycles. The Labute approximate surface area is 113 Å². The highest BCUT2D eigenvalue weighted by Crippen LogP contribution is 2.36. The molecule has 0 spiro atoms. The number of thiocarbonyl (C=S) groups is 1. The van der Waals surface area contributed by atoms with E-state index >= 15 is 0 Å². The van der Waals surface area contributed by atoms with Crippen LogP contribution in [0.4, 0.5) is 5.69 Å². The molecule has 0 aromatic heterocycles. The number of hydrogen-bond acceptors (Lipinski definition) is 2. The zero-order valence-electron chi connectivity index (χ0n) is 10.0. The fourth-order valence-corrected chi connectivity index (χ4v) is 3.37. The van der Waals surface area contributed by atoms with Gasteiger partial charge in [-0.05, 0) is 49.9 Å². The standard InChI is InChI=1S/C13H18N2S2/c1-13(8-5-9-17-13)10-14-12(16)15-11-6-3-2-4-7-11/h2-4,6-7H,5,8-10H2,1H3,(H2,14,15,16). The zero-order valence-corrected chi connectivity index (χ0v) is 11.7. The summed E-state index contributed by atoms with van der Waals surface area (Å²) in [4.78, 5) is 0. The second-order valence-electron chi connectivity index (χ2n) is 4.58. The van der Waals surface area contributed by atoms with Gasteiger partial charge in [0.05, 0.1) is 0 Å². The molecule has 1 aliphatic rings. The third-order valence-electron chi connectivity index (χ3n) is 2.96. The van der Waals surface area contributed by atoms with Crippen molar-refractivity contribution < 1.29 is 0 Å². The molecule has 1 atom stereocenters. The molecular formula is C13H18N2S2. The van der Waals surface area contributed by atoms with Crippen LogP contribution in [0.1, 0.15) is 19.8 Å². The van der Waals surface area contributed by atoms with Crippen LogP contribution in [-0.4, -0.2) is 22.2 Å². The van der Waals surface area contributed by atoms with E-state index in [1.165, 1.54) is 18.6 Å². The van der Waals surface area contributed by atoms with E-state index in [9.17, 15) is 0 Å². The topological polar surface area (TPSA) is 24.1 Å². The van der Waals surface area contributed by atoms with Gasteiger partial charge in [-0.15, -0.1) is 0 Å². The Kier molecular flexibility index (Phi) is 4.29. The Hall–Kier alpha value is -0.740. The highest BCUT2D eigenvalue weighted by Gasteiger charge is 2.29. The first-order valence-electron chi connectivity index (χ1n) is 5.92. The van der Waals surface area contributed by atoms with Gasteiger partial charge < -0.3 is 10.6 Å². The van der Waals surface area contributed by atoms with Crippen molar-refractivity contribution in [2.75, 3.05) is 17.6 Å². The Morgan fingerprint density at radius 2 is 2.18 bits per heavy atom. The van der Waals surface area contributed by atoms with Crippen LogP contribution in [0.3, 0.4) is 0 Å². The summed E-state index contributed by atoms with van der Waals surface area (Å²) in [6.07, 6.45) is 2.60. The van der Waals surface area contributed by atoms with Crippen molar-refractivity contribution in [3.8, 4) is 0 Å². The van der Waals surface area contributed by atoms with E-state index in [2.05, 4.69) is 17.6 Å². The lowest BCUT2D eigenvalue weighted by Crippen LogP contribution is -2.38. The molecule has 2 N–H and O–H groups in total. The van der Waals surface area contributed by atoms with Crippen LogP contribution in [0.2, 0.25) is 0 Å². The molecule has 2 rings (SSSR count). The Balaban J connectivity index is 1.78. The summed E-state index contributed by atoms with van der Waals surface area (Å²) in [5, 5.41) is 7.22. The van der Waals surface area contributed by atoms with E-state index in [0.717, 1.165) is 12.2 Å². The van der Waals surface area contributed by atoms with Crippen molar-refractivity contribution in [3.63, 3.8) is 0 Å². The molecule has 1 unspecified atom stereocenters. The van der Waals surface area contributed by atoms with E-state index < -0.39 is 0 Å². The Morgan fingerprint density at radius 1 is 1.41 bits per heavy atom. The first-order chi connectivity index (χ1) is 8.18. The summed E-state index contributed by atoms with van der Waals surface area (Å²) in [5.74, 6) is 1.27. The summed E-state index contributed by atoms with van der Waals surface area (Å²) in [5.41, 5.74) is 1.04. The maximum atomic E-state index is 5.29. The lowest BCUT2D eigenvalue weighted by Gasteiger charge is -2.24. The van der Waals surface area contributed by atoms with Crippen molar-refractivity contribution in [1.82, 2.24) is 5.32 Å². The average Bonchev–Trinajstić information content (AvgIpc) is 2.76. The van der Waals surface area contributed by atoms with Crippen molar-refractivity contribution in [2.45, 2.75) is 24.5 Å². The van der Waals surface area contributed by atoms with E-state index in [0.29, 0.717) is 9.86 Å². The summed E-state index contributed by atoms with van der Waals surface area (Å²) in [6.45, 7) is 3.25. The summed E-state index contributed by atoms with van der Waals surface area (Å²) in [7, 11) is 0. The molecule has 1 aliphatic heterocycles. The van der Waals surface area contributed by atoms with Crippen LogP contribution in [0.15, 0.2) is 30.3 Å². The van der Waals surface area contributed by atoms with Gasteiger partial charge in [-0.2, -0.15) is 11.8 Å². The molecule has 1 aromatic carbocycles. The van der Waals surface area contributed by atoms with Crippen LogP contribution in [0.25, 0.3) is 0 Å². The van der Waals surface area contributed by atoms with Crippen LogP contribution in [0.5, 0.6) is 0 Å². The second-order valence-corrected chi connectivity index (χ2v) is 6.67. The maximum Gasteiger partial charge on any atom is 0.170 e. The molecule has 1 heterocycles. The number of hydrogen-bond donors (Lipinski definition) is 2. The van der Waals surface area contributed by atoms with Crippen LogP contribution >= 0.6 is 24.0 Å². The lowest BCUT2D eigenvalue weighted by molar-refractivity contribution is 0.592. The molecular weight excluding hydrogens is 248 g/mol. The first-order valence-corrected chi connectivity index (χ1v) is 7.31. The second kappa shape index (κ2) is 5.74. The molecule has 0 amide bonds. The van der Waals surface area contributed by atoms with Gasteiger partial charge in [-0.25, -0.2) is 0 Å². The number of thioether (sulfide) groups is 1. The van der Waals surface area contributed by atoms with Gasteiger partial charge in [-0.3, -0.25) is 0 Å². The molecule has 1 saturated heterocycles. The number of anilines is 1. The maximum absolute atomic E-state index is 5.29. The highest BCUT2D eigenvalue weighted by molar-refractivity contribution is 8.00. The molecule has 2 nitrogen and oxygen atoms in total. The molecule has 92 valence electrons. The predicted molar refractivity (Wildman–Crippen MR) is 80.8 cm³/mol. The zero-order chi connectivity index (χ0) is 12.1. The molecule has 0 radical (unpaired) electrons. The quantitative estimate of drug-likeness (QED) is 0.820. The average molecular weight is 266 g/mol. The van der Waals surface area contributed by atoms with Gasteiger partial charge in [0.25, 0.3) is 0 Å². The number of nitrogens with one attached hydrogen (secondary N) is 2. The van der Waals surface area contributed by atoms with Gasteiger partial charge in [-0.1, -0.05) is 18.2 Å². The van der Waals surface area contributed by atoms with Crippen molar-refractivity contribution in [1.29, 1.82) is 0 Å². The molecule has 0 bridgehead atoms. The number of rotatable bonds is 3. The molecule has 1 fully saturated rings. The third-order valence-corrected chi connectivity index (χ3v) is 4.74. The van der Waals surface area contributed by atoms with Crippen LogP contribution in [0, 0.1) is 0 Å². The fraction of sp³-hybridized carbons (Fsp3) is 0.462. The van der Waals surface area contributed by atoms with Gasteiger partial charge in [0, 0.05) is 17.0 Å². The van der Waals surface area contributed by atoms with Crippen molar-refractivity contribution in [2.24, 2.45) is 0 Å². The number of para-hydroxylation sites is 1. The minimum Gasteiger partial charge on any atom is -0.361 e. The van der Waals surface area contributed by atoms with Crippen LogP contribution in [-0.2, 0) is 0 Å². The summed E-state index contributed by atoms with van der Waals surface area (Å²) >= 11 is 7.33. The van der Waals surface area contributed by atoms with Crippen LogP contribution < -0.4 is 10.6 Å². The SMILES string of the molecule is CC1(CNC(=S)Nc2ccccc2)CCCS1. The summed E-state index contributed by atoms with van der Waals surface area (Å²) in [6, 6.07) is 10.0. The molecule has 0 aliphatic carbocycles. The Bertz CT molecular complexity index is 372. The molecule has 4 heteroatoms. The predicted octanol–water partition coefficient (Wildman–Crippen LogP) is 3.26. The van der Waals surface area contributed by atoms with Gasteiger partial charge in [0.1, 0.15) is 0 Å². The van der Waals surface area contributed by atoms with Crippen molar-refractivity contribution >= 4 is 34.8 Å². The minimum atomic E-state index is 0.350. The highest BCUT2D eigenvalue weighted by atomic mass is 32.2. The Morgan fingerprint density at radius 3 is 2.82 bits per heavy atom. The number of benzene rings is 1. The molecule has 1 aromatic rings. The van der Waals surface area contributed by atoms with E-state index in [-0.39, 0.29) is 0 Å². The van der Waals surface area contributed by atoms with Gasteiger partial charge in [0.2, 0.25) is 0 Å². The first kappa shape index (κ1) is 12.7. The van der Waals surface area contributed by atoms with Gasteiger partial charge >= 0.3 is 0 Å². The monoisotopic (exact) mass is 266 g/mol. The van der Waals surface area contributed by atoms with Crippen molar-refractivity contribution in [3.05, 3.63) is 30.3 Å². The third kappa shape index (κ3) is 3.89. The molecule has 17 heavy (non-hydrogen) atoms. The van der Waals surface area contributed by atoms with E-state index in [1.54, 1.807) is 0 Å². The summed E-state index contributed by atoms with van der Waals surface area (Å²) < 4.78 is 0.350. The smallest absolute Gasteiger partial charge is 0.170 e. The lowest BCUT2D eigenvalue weighted by atomic mass is 10.1. The largest absolute Gasteiger partial charge is 0.361 e. The fourth-order valence-electron chi connectivity index (χ4n) is 1.94. The van der Waals surface area contributed by atoms with Gasteiger partial charge in [0.15, 0.2) is 5.11 Å². The van der Waals surface area contributed by atoms with E-state index in [4.69, 9.17) is 12.2 Å². The van der Waals surface area contributed by atoms with E-state index in [1.807, 2.05) is 42.1 Å².